The molecule has 2 aromatic carbocycles. The van der Waals surface area contributed by atoms with Crippen LogP contribution in [0.4, 0.5) is 5.69 Å². The average Bonchev–Trinajstić information content (AvgIpc) is 2.82. The number of carbonyl (C=O) groups excluding carboxylic acids is 1. The zero-order chi connectivity index (χ0) is 18.1. The normalized spacial score (nSPS) is 16.2. The van der Waals surface area contributed by atoms with Gasteiger partial charge in [-0.05, 0) is 79.4 Å². The van der Waals surface area contributed by atoms with Gasteiger partial charge in [-0.15, -0.1) is 11.8 Å². The summed E-state index contributed by atoms with van der Waals surface area (Å²) in [4.78, 5) is 17.5. The number of benzene rings is 2. The number of likely N-dealkylation sites (N-methyl/N-ethyl adjacent to an activating group) is 1. The van der Waals surface area contributed by atoms with Crippen LogP contribution >= 0.6 is 24.0 Å². The van der Waals surface area contributed by atoms with Crippen molar-refractivity contribution in [3.63, 3.8) is 0 Å². The second-order valence-electron chi connectivity index (χ2n) is 6.05. The van der Waals surface area contributed by atoms with Crippen molar-refractivity contribution in [1.82, 2.24) is 4.90 Å². The zero-order valence-corrected chi connectivity index (χ0v) is 16.4. The van der Waals surface area contributed by atoms with E-state index in [1.54, 1.807) is 21.6 Å². The minimum Gasteiger partial charge on any atom is -0.317 e. The number of rotatable bonds is 3. The molecule has 1 saturated heterocycles. The van der Waals surface area contributed by atoms with Gasteiger partial charge in [0.1, 0.15) is 5.70 Å². The Morgan fingerprint density at radius 3 is 2.32 bits per heavy atom. The fourth-order valence-electron chi connectivity index (χ4n) is 2.71. The SMILES string of the molecule is CSc1ccc(/C=C2/C(=O)N(c3ccc(C)c(C)c3)C(=S)N2C)cc1. The number of thioether (sulfide) groups is 1. The highest BCUT2D eigenvalue weighted by Gasteiger charge is 2.36. The van der Waals surface area contributed by atoms with E-state index in [4.69, 9.17) is 12.2 Å². The smallest absolute Gasteiger partial charge is 0.281 e. The number of hydrogen-bond acceptors (Lipinski definition) is 3. The number of amides is 1. The summed E-state index contributed by atoms with van der Waals surface area (Å²) in [5, 5.41) is 0.500. The van der Waals surface area contributed by atoms with E-state index >= 15 is 0 Å². The van der Waals surface area contributed by atoms with E-state index in [-0.39, 0.29) is 5.91 Å². The molecule has 0 radical (unpaired) electrons. The topological polar surface area (TPSA) is 23.6 Å². The van der Waals surface area contributed by atoms with E-state index in [0.717, 1.165) is 16.8 Å². The first-order valence-corrected chi connectivity index (χ1v) is 9.61. The lowest BCUT2D eigenvalue weighted by molar-refractivity contribution is -0.114. The Bertz CT molecular complexity index is 872. The Balaban J connectivity index is 1.96. The molecule has 1 fully saturated rings. The van der Waals surface area contributed by atoms with Gasteiger partial charge in [-0.25, -0.2) is 0 Å². The Morgan fingerprint density at radius 1 is 1.04 bits per heavy atom. The van der Waals surface area contributed by atoms with Crippen LogP contribution in [0.1, 0.15) is 16.7 Å². The van der Waals surface area contributed by atoms with Crippen LogP contribution in [0.2, 0.25) is 0 Å². The van der Waals surface area contributed by atoms with Crippen molar-refractivity contribution in [3.05, 3.63) is 64.9 Å². The molecule has 3 rings (SSSR count). The van der Waals surface area contributed by atoms with Crippen molar-refractivity contribution in [3.8, 4) is 0 Å². The second kappa shape index (κ2) is 7.02. The molecule has 0 N–H and O–H groups in total. The molecule has 0 spiro atoms. The monoisotopic (exact) mass is 368 g/mol. The van der Waals surface area contributed by atoms with Crippen LogP contribution in [-0.2, 0) is 4.79 Å². The van der Waals surface area contributed by atoms with Gasteiger partial charge in [0.05, 0.1) is 5.69 Å². The second-order valence-corrected chi connectivity index (χ2v) is 7.30. The number of nitrogens with zero attached hydrogens (tertiary/aromatic N) is 2. The summed E-state index contributed by atoms with van der Waals surface area (Å²) in [5.74, 6) is -0.0929. The van der Waals surface area contributed by atoms with Gasteiger partial charge in [-0.2, -0.15) is 0 Å². The average molecular weight is 369 g/mol. The van der Waals surface area contributed by atoms with Gasteiger partial charge >= 0.3 is 0 Å². The van der Waals surface area contributed by atoms with Crippen molar-refractivity contribution in [2.24, 2.45) is 0 Å². The molecule has 1 amide bonds. The predicted molar refractivity (Wildman–Crippen MR) is 110 cm³/mol. The Kier molecular flexibility index (Phi) is 4.97. The van der Waals surface area contributed by atoms with E-state index in [9.17, 15) is 4.79 Å². The molecule has 0 aliphatic carbocycles. The fourth-order valence-corrected chi connectivity index (χ4v) is 3.40. The molecule has 1 heterocycles. The van der Waals surface area contributed by atoms with Gasteiger partial charge in [0, 0.05) is 11.9 Å². The molecule has 1 aliphatic heterocycles. The van der Waals surface area contributed by atoms with E-state index < -0.39 is 0 Å². The molecular weight excluding hydrogens is 348 g/mol. The van der Waals surface area contributed by atoms with Crippen LogP contribution in [0.25, 0.3) is 6.08 Å². The van der Waals surface area contributed by atoms with Crippen molar-refractivity contribution < 1.29 is 4.79 Å². The van der Waals surface area contributed by atoms with E-state index in [0.29, 0.717) is 10.8 Å². The molecule has 0 unspecified atom stereocenters. The molecule has 0 aromatic heterocycles. The van der Waals surface area contributed by atoms with Crippen molar-refractivity contribution in [2.45, 2.75) is 18.7 Å². The summed E-state index contributed by atoms with van der Waals surface area (Å²) in [7, 11) is 1.84. The van der Waals surface area contributed by atoms with Gasteiger partial charge in [-0.1, -0.05) is 18.2 Å². The minimum atomic E-state index is -0.0929. The molecule has 25 heavy (non-hydrogen) atoms. The van der Waals surface area contributed by atoms with Crippen molar-refractivity contribution >= 4 is 46.8 Å². The van der Waals surface area contributed by atoms with Crippen LogP contribution in [0.5, 0.6) is 0 Å². The third-order valence-electron chi connectivity index (χ3n) is 4.43. The summed E-state index contributed by atoms with van der Waals surface area (Å²) in [6.07, 6.45) is 3.93. The third kappa shape index (κ3) is 3.34. The first-order chi connectivity index (χ1) is 11.9. The molecule has 0 bridgehead atoms. The van der Waals surface area contributed by atoms with E-state index in [1.165, 1.54) is 10.5 Å². The number of carbonyl (C=O) groups is 1. The lowest BCUT2D eigenvalue weighted by atomic mass is 10.1. The third-order valence-corrected chi connectivity index (χ3v) is 5.63. The number of aryl methyl sites for hydroxylation is 2. The summed E-state index contributed by atoms with van der Waals surface area (Å²) >= 11 is 7.21. The maximum Gasteiger partial charge on any atom is 0.281 e. The molecule has 5 heteroatoms. The molecular formula is C20H20N2OS2. The maximum atomic E-state index is 13.0. The minimum absolute atomic E-state index is 0.0929. The lowest BCUT2D eigenvalue weighted by Crippen LogP contribution is -2.31. The zero-order valence-electron chi connectivity index (χ0n) is 14.7. The molecule has 2 aromatic rings. The number of thiocarbonyl (C=S) groups is 1. The molecule has 1 aliphatic rings. The molecule has 3 nitrogen and oxygen atoms in total. The van der Waals surface area contributed by atoms with Crippen molar-refractivity contribution in [1.29, 1.82) is 0 Å². The van der Waals surface area contributed by atoms with Crippen LogP contribution < -0.4 is 4.90 Å². The first kappa shape index (κ1) is 17.7. The highest BCUT2D eigenvalue weighted by Crippen LogP contribution is 2.29. The Labute approximate surface area is 158 Å². The predicted octanol–water partition coefficient (Wildman–Crippen LogP) is 4.63. The summed E-state index contributed by atoms with van der Waals surface area (Å²) < 4.78 is 0. The van der Waals surface area contributed by atoms with Gasteiger partial charge in [0.2, 0.25) is 0 Å². The molecule has 0 saturated carbocycles. The van der Waals surface area contributed by atoms with E-state index in [2.05, 4.69) is 19.1 Å². The summed E-state index contributed by atoms with van der Waals surface area (Å²) in [6.45, 7) is 4.09. The lowest BCUT2D eigenvalue weighted by Gasteiger charge is -2.17. The van der Waals surface area contributed by atoms with Crippen LogP contribution in [0.3, 0.4) is 0 Å². The van der Waals surface area contributed by atoms with E-state index in [1.807, 2.05) is 56.6 Å². The van der Waals surface area contributed by atoms with Gasteiger partial charge in [-0.3, -0.25) is 9.69 Å². The number of hydrogen-bond donors (Lipinski definition) is 0. The Hall–Kier alpha value is -2.11. The van der Waals surface area contributed by atoms with Crippen LogP contribution in [0.15, 0.2) is 53.1 Å². The van der Waals surface area contributed by atoms with Crippen LogP contribution in [0, 0.1) is 13.8 Å². The first-order valence-electron chi connectivity index (χ1n) is 7.97. The standard InChI is InChI=1S/C20H20N2OS2/c1-13-5-8-16(11-14(13)2)22-19(23)18(21(3)20(22)24)12-15-6-9-17(25-4)10-7-15/h5-12H,1-4H3/b18-12-. The quantitative estimate of drug-likeness (QED) is 0.448. The summed E-state index contributed by atoms with van der Waals surface area (Å²) in [5.41, 5.74) is 4.71. The Morgan fingerprint density at radius 2 is 1.72 bits per heavy atom. The fraction of sp³-hybridized carbons (Fsp3) is 0.200. The number of anilines is 1. The summed E-state index contributed by atoms with van der Waals surface area (Å²) in [6, 6.07) is 14.1. The van der Waals surface area contributed by atoms with Crippen molar-refractivity contribution in [2.75, 3.05) is 18.2 Å². The molecule has 128 valence electrons. The van der Waals surface area contributed by atoms with Gasteiger partial charge in [0.15, 0.2) is 5.11 Å². The largest absolute Gasteiger partial charge is 0.317 e. The van der Waals surface area contributed by atoms with Crippen LogP contribution in [-0.4, -0.2) is 29.2 Å². The highest BCUT2D eigenvalue weighted by molar-refractivity contribution is 7.98. The van der Waals surface area contributed by atoms with Gasteiger partial charge in [0.25, 0.3) is 5.91 Å². The van der Waals surface area contributed by atoms with Gasteiger partial charge < -0.3 is 4.90 Å². The highest BCUT2D eigenvalue weighted by atomic mass is 32.2. The maximum absolute atomic E-state index is 13.0. The molecule has 0 atom stereocenters.